The molecule has 2 N–H and O–H groups in total. The monoisotopic (exact) mass is 315 g/mol. The van der Waals surface area contributed by atoms with Crippen LogP contribution in [0.2, 0.25) is 0 Å². The number of carbonyl (C=O) groups is 1. The van der Waals surface area contributed by atoms with Crippen LogP contribution in [0, 0.1) is 11.3 Å². The zero-order valence-corrected chi connectivity index (χ0v) is 15.0. The highest BCUT2D eigenvalue weighted by molar-refractivity contribution is 5.67. The number of amides is 1. The Morgan fingerprint density at radius 3 is 2.14 bits per heavy atom. The van der Waals surface area contributed by atoms with E-state index in [4.69, 9.17) is 9.47 Å². The van der Waals surface area contributed by atoms with Crippen LogP contribution in [-0.4, -0.2) is 42.2 Å². The van der Waals surface area contributed by atoms with Crippen LogP contribution in [0.5, 0.6) is 0 Å². The molecule has 1 fully saturated rings. The van der Waals surface area contributed by atoms with Crippen molar-refractivity contribution in [3.05, 3.63) is 0 Å². The van der Waals surface area contributed by atoms with Gasteiger partial charge in [-0.2, -0.15) is 0 Å². The molecule has 1 saturated carbocycles. The van der Waals surface area contributed by atoms with Crippen molar-refractivity contribution in [1.29, 1.82) is 0 Å². The molecule has 0 spiro atoms. The van der Waals surface area contributed by atoms with E-state index < -0.39 is 11.7 Å². The molecule has 5 nitrogen and oxygen atoms in total. The van der Waals surface area contributed by atoms with Crippen molar-refractivity contribution in [3.63, 3.8) is 0 Å². The van der Waals surface area contributed by atoms with Gasteiger partial charge in [0.2, 0.25) is 0 Å². The van der Waals surface area contributed by atoms with E-state index in [1.807, 2.05) is 41.5 Å². The van der Waals surface area contributed by atoms with Crippen LogP contribution < -0.4 is 5.32 Å². The Morgan fingerprint density at radius 2 is 1.73 bits per heavy atom. The third-order valence-electron chi connectivity index (χ3n) is 3.88. The molecule has 1 rings (SSSR count). The summed E-state index contributed by atoms with van der Waals surface area (Å²) >= 11 is 0. The normalized spacial score (nSPS) is 18.7. The van der Waals surface area contributed by atoms with Gasteiger partial charge in [-0.25, -0.2) is 4.79 Å². The van der Waals surface area contributed by atoms with Crippen LogP contribution in [0.3, 0.4) is 0 Å². The van der Waals surface area contributed by atoms with Crippen molar-refractivity contribution in [1.82, 2.24) is 5.32 Å². The summed E-state index contributed by atoms with van der Waals surface area (Å²) in [6.45, 7) is 12.6. The summed E-state index contributed by atoms with van der Waals surface area (Å²) in [4.78, 5) is 11.9. The third-order valence-corrected chi connectivity index (χ3v) is 3.88. The lowest BCUT2D eigenvalue weighted by Gasteiger charge is -2.34. The van der Waals surface area contributed by atoms with E-state index in [2.05, 4.69) is 5.32 Å². The molecule has 0 aromatic heterocycles. The number of alkyl carbamates (subject to hydrolysis) is 1. The molecule has 0 heterocycles. The molecule has 22 heavy (non-hydrogen) atoms. The van der Waals surface area contributed by atoms with Crippen LogP contribution in [-0.2, 0) is 9.47 Å². The molecule has 0 aromatic carbocycles. The molecule has 0 bridgehead atoms. The van der Waals surface area contributed by atoms with Crippen LogP contribution in [0.25, 0.3) is 0 Å². The second kappa shape index (κ2) is 7.18. The Bertz CT molecular complexity index is 366. The Hall–Kier alpha value is -0.810. The van der Waals surface area contributed by atoms with Crippen molar-refractivity contribution in [2.24, 2.45) is 11.3 Å². The highest BCUT2D eigenvalue weighted by atomic mass is 16.6. The summed E-state index contributed by atoms with van der Waals surface area (Å²) in [5, 5.41) is 12.7. The molecule has 0 saturated heterocycles. The lowest BCUT2D eigenvalue weighted by atomic mass is 9.80. The minimum atomic E-state index is -0.513. The molecule has 130 valence electrons. The number of aliphatic hydroxyl groups is 1. The highest BCUT2D eigenvalue weighted by Gasteiger charge is 2.45. The van der Waals surface area contributed by atoms with E-state index in [1.165, 1.54) is 0 Å². The minimum Gasteiger partial charge on any atom is -0.444 e. The van der Waals surface area contributed by atoms with E-state index in [0.29, 0.717) is 19.1 Å². The largest absolute Gasteiger partial charge is 0.444 e. The zero-order valence-electron chi connectivity index (χ0n) is 15.0. The molecular formula is C17H33NO4. The van der Waals surface area contributed by atoms with Crippen LogP contribution in [0.1, 0.15) is 60.8 Å². The molecule has 1 aliphatic carbocycles. The first-order chi connectivity index (χ1) is 9.97. The average Bonchev–Trinajstić information content (AvgIpc) is 3.14. The highest BCUT2D eigenvalue weighted by Crippen LogP contribution is 2.47. The van der Waals surface area contributed by atoms with Gasteiger partial charge in [0.05, 0.1) is 12.2 Å². The van der Waals surface area contributed by atoms with Crippen molar-refractivity contribution in [2.75, 3.05) is 19.8 Å². The summed E-state index contributed by atoms with van der Waals surface area (Å²) in [6.07, 6.45) is 2.52. The van der Waals surface area contributed by atoms with Gasteiger partial charge < -0.3 is 19.9 Å². The molecule has 1 unspecified atom stereocenters. The minimum absolute atomic E-state index is 0.0565. The van der Waals surface area contributed by atoms with E-state index in [0.717, 1.165) is 19.3 Å². The average molecular weight is 315 g/mol. The van der Waals surface area contributed by atoms with Crippen molar-refractivity contribution in [3.8, 4) is 0 Å². The standard InChI is InChI=1S/C17H33NO4/c1-15(2,3)21-10-9-17(12-19,13-7-8-13)11-18-14(20)22-16(4,5)6/h13,19H,7-12H2,1-6H3,(H,18,20). The molecule has 1 aliphatic rings. The van der Waals surface area contributed by atoms with Gasteiger partial charge in [-0.15, -0.1) is 0 Å². The lowest BCUT2D eigenvalue weighted by Crippen LogP contribution is -2.44. The first-order valence-corrected chi connectivity index (χ1v) is 8.19. The Labute approximate surface area is 134 Å². The Balaban J connectivity index is 2.55. The molecule has 0 radical (unpaired) electrons. The smallest absolute Gasteiger partial charge is 0.407 e. The molecule has 0 aromatic rings. The Morgan fingerprint density at radius 1 is 1.14 bits per heavy atom. The first-order valence-electron chi connectivity index (χ1n) is 8.19. The van der Waals surface area contributed by atoms with Gasteiger partial charge in [0.1, 0.15) is 5.60 Å². The fourth-order valence-corrected chi connectivity index (χ4v) is 2.52. The van der Waals surface area contributed by atoms with Crippen LogP contribution in [0.15, 0.2) is 0 Å². The molecular weight excluding hydrogens is 282 g/mol. The maximum atomic E-state index is 11.9. The van der Waals surface area contributed by atoms with Gasteiger partial charge in [0.15, 0.2) is 0 Å². The summed E-state index contributed by atoms with van der Waals surface area (Å²) < 4.78 is 11.1. The van der Waals surface area contributed by atoms with Gasteiger partial charge in [-0.05, 0) is 66.7 Å². The van der Waals surface area contributed by atoms with Gasteiger partial charge in [-0.3, -0.25) is 0 Å². The van der Waals surface area contributed by atoms with E-state index >= 15 is 0 Å². The third kappa shape index (κ3) is 6.97. The SMILES string of the molecule is CC(C)(C)OCCC(CO)(CNC(=O)OC(C)(C)C)C1CC1. The fourth-order valence-electron chi connectivity index (χ4n) is 2.52. The molecule has 0 aliphatic heterocycles. The second-order valence-electron chi connectivity index (χ2n) is 8.36. The van der Waals surface area contributed by atoms with Crippen LogP contribution >= 0.6 is 0 Å². The molecule has 5 heteroatoms. The van der Waals surface area contributed by atoms with Gasteiger partial charge in [0, 0.05) is 18.6 Å². The topological polar surface area (TPSA) is 67.8 Å². The predicted octanol–water partition coefficient (Wildman–Crippen LogP) is 3.11. The lowest BCUT2D eigenvalue weighted by molar-refractivity contribution is -0.0319. The number of carbonyl (C=O) groups excluding carboxylic acids is 1. The Kier molecular flexibility index (Phi) is 6.27. The predicted molar refractivity (Wildman–Crippen MR) is 86.8 cm³/mol. The fraction of sp³-hybridized carbons (Fsp3) is 0.941. The molecule has 1 atom stereocenters. The maximum absolute atomic E-state index is 11.9. The number of nitrogens with one attached hydrogen (secondary N) is 1. The summed E-state index contributed by atoms with van der Waals surface area (Å²) in [7, 11) is 0. The number of hydrogen-bond donors (Lipinski definition) is 2. The van der Waals surface area contributed by atoms with E-state index in [-0.39, 0.29) is 17.6 Å². The summed E-state index contributed by atoms with van der Waals surface area (Å²) in [6, 6.07) is 0. The van der Waals surface area contributed by atoms with Gasteiger partial charge in [0.25, 0.3) is 0 Å². The van der Waals surface area contributed by atoms with Crippen molar-refractivity contribution in [2.45, 2.75) is 72.0 Å². The summed E-state index contributed by atoms with van der Waals surface area (Å²) in [5.41, 5.74) is -1.01. The number of aliphatic hydroxyl groups excluding tert-OH is 1. The van der Waals surface area contributed by atoms with Crippen molar-refractivity contribution >= 4 is 6.09 Å². The maximum Gasteiger partial charge on any atom is 0.407 e. The summed E-state index contributed by atoms with van der Waals surface area (Å²) in [5.74, 6) is 0.455. The van der Waals surface area contributed by atoms with Crippen molar-refractivity contribution < 1.29 is 19.4 Å². The number of rotatable bonds is 7. The van der Waals surface area contributed by atoms with E-state index in [9.17, 15) is 9.90 Å². The number of hydrogen-bond acceptors (Lipinski definition) is 4. The van der Waals surface area contributed by atoms with Gasteiger partial charge >= 0.3 is 6.09 Å². The van der Waals surface area contributed by atoms with E-state index in [1.54, 1.807) is 0 Å². The molecule has 1 amide bonds. The second-order valence-corrected chi connectivity index (χ2v) is 8.36. The number of ether oxygens (including phenoxy) is 2. The van der Waals surface area contributed by atoms with Gasteiger partial charge in [-0.1, -0.05) is 0 Å². The van der Waals surface area contributed by atoms with Crippen LogP contribution in [0.4, 0.5) is 4.79 Å². The first kappa shape index (κ1) is 19.2. The quantitative estimate of drug-likeness (QED) is 0.757. The zero-order chi connectivity index (χ0) is 17.0.